The van der Waals surface area contributed by atoms with Crippen molar-refractivity contribution in [3.05, 3.63) is 95.0 Å². The van der Waals surface area contributed by atoms with Crippen LogP contribution in [0.5, 0.6) is 0 Å². The first-order valence-electron chi connectivity index (χ1n) is 10.5. The van der Waals surface area contributed by atoms with Crippen molar-refractivity contribution in [2.75, 3.05) is 16.8 Å². The van der Waals surface area contributed by atoms with Gasteiger partial charge in [0.25, 0.3) is 0 Å². The first-order chi connectivity index (χ1) is 16.0. The van der Waals surface area contributed by atoms with Crippen LogP contribution in [0.3, 0.4) is 0 Å². The first-order valence-corrected chi connectivity index (χ1v) is 10.9. The molecule has 3 N–H and O–H groups in total. The molecule has 0 radical (unpaired) electrons. The van der Waals surface area contributed by atoms with Gasteiger partial charge in [0.1, 0.15) is 12.6 Å². The maximum atomic E-state index is 13.2. The summed E-state index contributed by atoms with van der Waals surface area (Å²) in [5.41, 5.74) is 2.92. The summed E-state index contributed by atoms with van der Waals surface area (Å²) in [6, 6.07) is 22.3. The van der Waals surface area contributed by atoms with Crippen molar-refractivity contribution in [2.24, 2.45) is 0 Å². The number of amides is 4. The summed E-state index contributed by atoms with van der Waals surface area (Å²) in [6.07, 6.45) is 0.306. The number of nitrogens with zero attached hydrogens (tertiary/aromatic N) is 1. The fraction of sp³-hybridized carbons (Fsp3) is 0.160. The Kier molecular flexibility index (Phi) is 6.90. The molecule has 33 heavy (non-hydrogen) atoms. The molecule has 0 fully saturated rings. The molecule has 0 spiro atoms. The lowest BCUT2D eigenvalue weighted by Gasteiger charge is -2.30. The van der Waals surface area contributed by atoms with Crippen molar-refractivity contribution >= 4 is 40.8 Å². The Morgan fingerprint density at radius 2 is 1.64 bits per heavy atom. The zero-order valence-corrected chi connectivity index (χ0v) is 18.5. The van der Waals surface area contributed by atoms with Gasteiger partial charge < -0.3 is 16.0 Å². The van der Waals surface area contributed by atoms with Gasteiger partial charge in [-0.05, 0) is 35.4 Å². The molecule has 7 nitrogen and oxygen atoms in total. The number of hydrogen-bond donors (Lipinski definition) is 3. The van der Waals surface area contributed by atoms with Gasteiger partial charge in [-0.2, -0.15) is 0 Å². The van der Waals surface area contributed by atoms with Crippen LogP contribution < -0.4 is 20.9 Å². The normalized spacial score (nSPS) is 13.5. The van der Waals surface area contributed by atoms with Crippen molar-refractivity contribution in [1.82, 2.24) is 10.6 Å². The Balaban J connectivity index is 1.50. The second-order valence-corrected chi connectivity index (χ2v) is 8.12. The number of halogens is 1. The Morgan fingerprint density at radius 3 is 2.39 bits per heavy atom. The summed E-state index contributed by atoms with van der Waals surface area (Å²) in [6.45, 7) is 0.166. The summed E-state index contributed by atoms with van der Waals surface area (Å²) in [5, 5.41) is 9.07. The van der Waals surface area contributed by atoms with E-state index in [0.717, 1.165) is 11.1 Å². The first kappa shape index (κ1) is 22.4. The third kappa shape index (κ3) is 5.70. The van der Waals surface area contributed by atoms with Crippen LogP contribution in [0, 0.1) is 0 Å². The van der Waals surface area contributed by atoms with Gasteiger partial charge in [0, 0.05) is 18.0 Å². The molecule has 0 saturated heterocycles. The molecule has 0 aromatic heterocycles. The predicted octanol–water partition coefficient (Wildman–Crippen LogP) is 3.74. The predicted molar refractivity (Wildman–Crippen MR) is 128 cm³/mol. The quantitative estimate of drug-likeness (QED) is 0.521. The van der Waals surface area contributed by atoms with Crippen LogP contribution in [-0.2, 0) is 22.6 Å². The number of anilines is 2. The topological polar surface area (TPSA) is 90.5 Å². The molecule has 3 aromatic rings. The average Bonchev–Trinajstić information content (AvgIpc) is 2.83. The third-order valence-electron chi connectivity index (χ3n) is 5.29. The highest BCUT2D eigenvalue weighted by atomic mass is 35.5. The lowest BCUT2D eigenvalue weighted by Crippen LogP contribution is -2.54. The Morgan fingerprint density at radius 1 is 0.939 bits per heavy atom. The van der Waals surface area contributed by atoms with E-state index in [0.29, 0.717) is 29.4 Å². The van der Waals surface area contributed by atoms with Crippen molar-refractivity contribution in [3.63, 3.8) is 0 Å². The molecule has 0 aliphatic carbocycles. The van der Waals surface area contributed by atoms with Crippen molar-refractivity contribution in [1.29, 1.82) is 0 Å². The minimum Gasteiger partial charge on any atom is -0.350 e. The van der Waals surface area contributed by atoms with Gasteiger partial charge in [0.2, 0.25) is 11.8 Å². The van der Waals surface area contributed by atoms with Crippen LogP contribution in [-0.4, -0.2) is 30.4 Å². The summed E-state index contributed by atoms with van der Waals surface area (Å²) < 4.78 is 0. The maximum absolute atomic E-state index is 13.2. The van der Waals surface area contributed by atoms with E-state index in [1.54, 1.807) is 36.4 Å². The van der Waals surface area contributed by atoms with Gasteiger partial charge in [0.05, 0.1) is 11.4 Å². The van der Waals surface area contributed by atoms with E-state index in [9.17, 15) is 14.4 Å². The lowest BCUT2D eigenvalue weighted by atomic mass is 10.1. The minimum absolute atomic E-state index is 0.132. The zero-order valence-electron chi connectivity index (χ0n) is 17.8. The zero-order chi connectivity index (χ0) is 23.2. The highest BCUT2D eigenvalue weighted by molar-refractivity contribution is 6.30. The van der Waals surface area contributed by atoms with Crippen LogP contribution in [0.4, 0.5) is 16.2 Å². The number of urea groups is 1. The number of benzene rings is 3. The van der Waals surface area contributed by atoms with Gasteiger partial charge in [0.15, 0.2) is 0 Å². The van der Waals surface area contributed by atoms with E-state index in [1.165, 1.54) is 4.90 Å². The number of nitrogens with one attached hydrogen (secondary N) is 3. The highest BCUT2D eigenvalue weighted by Crippen LogP contribution is 2.28. The van der Waals surface area contributed by atoms with Gasteiger partial charge >= 0.3 is 6.03 Å². The fourth-order valence-corrected chi connectivity index (χ4v) is 3.74. The minimum atomic E-state index is -0.829. The molecule has 1 aliphatic rings. The van der Waals surface area contributed by atoms with Gasteiger partial charge in [-0.3, -0.25) is 14.5 Å². The largest absolute Gasteiger partial charge is 0.350 e. The molecule has 1 heterocycles. The van der Waals surface area contributed by atoms with Crippen LogP contribution in [0.2, 0.25) is 5.02 Å². The van der Waals surface area contributed by atoms with E-state index in [-0.39, 0.29) is 18.4 Å². The standard InChI is InChI=1S/C25H23ClN4O3/c26-19-12-10-18(11-13-19)15-27-24(32)21(14-17-6-2-1-3-7-17)29-25(33)30-16-23(31)28-20-8-4-5-9-22(20)30/h1-13,21H,14-16H2,(H,27,32)(H,28,31)(H,29,33). The number of hydrogen-bond acceptors (Lipinski definition) is 3. The Hall–Kier alpha value is -3.84. The van der Waals surface area contributed by atoms with Crippen LogP contribution in [0.1, 0.15) is 11.1 Å². The molecule has 4 amide bonds. The van der Waals surface area contributed by atoms with Crippen LogP contribution in [0.15, 0.2) is 78.9 Å². The van der Waals surface area contributed by atoms with E-state index in [2.05, 4.69) is 16.0 Å². The molecule has 4 rings (SSSR count). The number of rotatable bonds is 6. The second kappa shape index (κ2) is 10.2. The monoisotopic (exact) mass is 462 g/mol. The van der Waals surface area contributed by atoms with E-state index < -0.39 is 12.1 Å². The van der Waals surface area contributed by atoms with Crippen LogP contribution in [0.25, 0.3) is 0 Å². The lowest BCUT2D eigenvalue weighted by molar-refractivity contribution is -0.123. The third-order valence-corrected chi connectivity index (χ3v) is 5.54. The second-order valence-electron chi connectivity index (χ2n) is 7.69. The number of para-hydroxylation sites is 2. The molecular weight excluding hydrogens is 440 g/mol. The number of fused-ring (bicyclic) bond motifs is 1. The maximum Gasteiger partial charge on any atom is 0.323 e. The summed E-state index contributed by atoms with van der Waals surface area (Å²) in [5.74, 6) is -0.618. The molecule has 1 aliphatic heterocycles. The molecule has 8 heteroatoms. The Labute approximate surface area is 196 Å². The van der Waals surface area contributed by atoms with E-state index in [4.69, 9.17) is 11.6 Å². The fourth-order valence-electron chi connectivity index (χ4n) is 3.62. The number of carbonyl (C=O) groups excluding carboxylic acids is 3. The Bertz CT molecular complexity index is 1150. The average molecular weight is 463 g/mol. The van der Waals surface area contributed by atoms with Gasteiger partial charge in [-0.25, -0.2) is 4.79 Å². The van der Waals surface area contributed by atoms with Crippen molar-refractivity contribution in [3.8, 4) is 0 Å². The van der Waals surface area contributed by atoms with E-state index >= 15 is 0 Å². The van der Waals surface area contributed by atoms with E-state index in [1.807, 2.05) is 42.5 Å². The van der Waals surface area contributed by atoms with Crippen LogP contribution >= 0.6 is 11.6 Å². The smallest absolute Gasteiger partial charge is 0.323 e. The molecule has 0 bridgehead atoms. The molecule has 0 saturated carbocycles. The van der Waals surface area contributed by atoms with Gasteiger partial charge in [-0.1, -0.05) is 66.2 Å². The van der Waals surface area contributed by atoms with Gasteiger partial charge in [-0.15, -0.1) is 0 Å². The summed E-state index contributed by atoms with van der Waals surface area (Å²) in [4.78, 5) is 39.7. The number of carbonyl (C=O) groups is 3. The highest BCUT2D eigenvalue weighted by Gasteiger charge is 2.30. The van der Waals surface area contributed by atoms with Crippen molar-refractivity contribution in [2.45, 2.75) is 19.0 Å². The molecule has 1 atom stereocenters. The summed E-state index contributed by atoms with van der Waals surface area (Å²) >= 11 is 5.92. The van der Waals surface area contributed by atoms with Crippen molar-refractivity contribution < 1.29 is 14.4 Å². The SMILES string of the molecule is O=C1CN(C(=O)NC(Cc2ccccc2)C(=O)NCc2ccc(Cl)cc2)c2ccccc2N1. The molecule has 3 aromatic carbocycles. The molecule has 168 valence electrons. The molecule has 1 unspecified atom stereocenters. The summed E-state index contributed by atoms with van der Waals surface area (Å²) in [7, 11) is 0. The molecular formula is C25H23ClN4O3.